The van der Waals surface area contributed by atoms with Crippen LogP contribution in [-0.2, 0) is 0 Å². The summed E-state index contributed by atoms with van der Waals surface area (Å²) in [4.78, 5) is 20.7. The summed E-state index contributed by atoms with van der Waals surface area (Å²) < 4.78 is 5.07. The van der Waals surface area contributed by atoms with Gasteiger partial charge in [0.2, 0.25) is 0 Å². The molecule has 0 aliphatic rings. The van der Waals surface area contributed by atoms with Gasteiger partial charge in [-0.1, -0.05) is 6.07 Å². The maximum atomic E-state index is 12.2. The van der Waals surface area contributed by atoms with Crippen molar-refractivity contribution in [3.63, 3.8) is 0 Å². The number of anilines is 1. The number of ether oxygens (including phenoxy) is 1. The quantitative estimate of drug-likeness (QED) is 0.727. The van der Waals surface area contributed by atoms with Crippen LogP contribution >= 0.6 is 0 Å². The molecule has 2 aromatic heterocycles. The normalized spacial score (nSPS) is 9.48. The zero-order valence-corrected chi connectivity index (χ0v) is 14.0. The van der Waals surface area contributed by atoms with E-state index < -0.39 is 0 Å². The standard InChI is InChI=1S/C18H15N3O2.C2H4/c1-23-15-8-5-13(6-9-15)18(22)21-14-7-10-17(20-12-14)16-4-2-3-11-19-16;1-2/h2-12H,1H3,(H,21,22);1-2H2. The number of nitrogens with one attached hydrogen (secondary N) is 1. The molecule has 3 rings (SSSR count). The molecule has 1 amide bonds. The van der Waals surface area contributed by atoms with E-state index >= 15 is 0 Å². The smallest absolute Gasteiger partial charge is 0.255 e. The second-order valence-corrected chi connectivity index (χ2v) is 4.83. The van der Waals surface area contributed by atoms with Gasteiger partial charge in [-0.25, -0.2) is 0 Å². The molecule has 3 aromatic rings. The average Bonchev–Trinajstić information content (AvgIpc) is 2.71. The van der Waals surface area contributed by atoms with Crippen molar-refractivity contribution >= 4 is 11.6 Å². The third-order valence-corrected chi connectivity index (χ3v) is 3.30. The molecule has 0 fully saturated rings. The van der Waals surface area contributed by atoms with Crippen LogP contribution in [0.5, 0.6) is 5.75 Å². The molecule has 25 heavy (non-hydrogen) atoms. The predicted molar refractivity (Wildman–Crippen MR) is 99.7 cm³/mol. The predicted octanol–water partition coefficient (Wildman–Crippen LogP) is 4.21. The highest BCUT2D eigenvalue weighted by molar-refractivity contribution is 6.04. The molecule has 0 radical (unpaired) electrons. The van der Waals surface area contributed by atoms with Crippen LogP contribution in [-0.4, -0.2) is 23.0 Å². The number of pyridine rings is 2. The van der Waals surface area contributed by atoms with Crippen LogP contribution in [0.1, 0.15) is 10.4 Å². The summed E-state index contributed by atoms with van der Waals surface area (Å²) in [6.45, 7) is 6.00. The van der Waals surface area contributed by atoms with E-state index in [1.807, 2.05) is 24.3 Å². The first-order valence-electron chi connectivity index (χ1n) is 7.59. The molecule has 0 atom stereocenters. The first kappa shape index (κ1) is 17.9. The number of hydrogen-bond donors (Lipinski definition) is 1. The van der Waals surface area contributed by atoms with Crippen LogP contribution in [0.15, 0.2) is 80.1 Å². The Balaban J connectivity index is 0.00000109. The van der Waals surface area contributed by atoms with Crippen molar-refractivity contribution in [2.45, 2.75) is 0 Å². The molecule has 1 N–H and O–H groups in total. The van der Waals surface area contributed by atoms with Crippen molar-refractivity contribution in [1.82, 2.24) is 9.97 Å². The van der Waals surface area contributed by atoms with Gasteiger partial charge in [0, 0.05) is 11.8 Å². The van der Waals surface area contributed by atoms with Gasteiger partial charge in [0.1, 0.15) is 5.75 Å². The topological polar surface area (TPSA) is 64.1 Å². The molecule has 0 unspecified atom stereocenters. The number of rotatable bonds is 4. The minimum atomic E-state index is -0.194. The molecular formula is C20H19N3O2. The fourth-order valence-electron chi connectivity index (χ4n) is 2.08. The van der Waals surface area contributed by atoms with Crippen LogP contribution in [0.4, 0.5) is 5.69 Å². The Morgan fingerprint density at radius 2 is 1.68 bits per heavy atom. The SMILES string of the molecule is C=C.COc1ccc(C(=O)Nc2ccc(-c3ccccn3)nc2)cc1. The van der Waals surface area contributed by atoms with Gasteiger partial charge in [-0.2, -0.15) is 0 Å². The van der Waals surface area contributed by atoms with Gasteiger partial charge < -0.3 is 10.1 Å². The lowest BCUT2D eigenvalue weighted by molar-refractivity contribution is 0.102. The number of methoxy groups -OCH3 is 1. The lowest BCUT2D eigenvalue weighted by Crippen LogP contribution is -2.11. The monoisotopic (exact) mass is 333 g/mol. The summed E-state index contributed by atoms with van der Waals surface area (Å²) in [5.41, 5.74) is 2.73. The number of benzene rings is 1. The number of hydrogen-bond acceptors (Lipinski definition) is 4. The van der Waals surface area contributed by atoms with Crippen molar-refractivity contribution in [1.29, 1.82) is 0 Å². The van der Waals surface area contributed by atoms with Gasteiger partial charge in [0.05, 0.1) is 30.4 Å². The molecule has 0 aliphatic carbocycles. The summed E-state index contributed by atoms with van der Waals surface area (Å²) >= 11 is 0. The van der Waals surface area contributed by atoms with Crippen LogP contribution in [0.2, 0.25) is 0 Å². The van der Waals surface area contributed by atoms with Crippen molar-refractivity contribution in [2.24, 2.45) is 0 Å². The summed E-state index contributed by atoms with van der Waals surface area (Å²) in [7, 11) is 1.59. The lowest BCUT2D eigenvalue weighted by atomic mass is 10.2. The number of nitrogens with zero attached hydrogens (tertiary/aromatic N) is 2. The Labute approximate surface area is 147 Å². The summed E-state index contributed by atoms with van der Waals surface area (Å²) in [6.07, 6.45) is 3.34. The second-order valence-electron chi connectivity index (χ2n) is 4.83. The van der Waals surface area contributed by atoms with Gasteiger partial charge >= 0.3 is 0 Å². The van der Waals surface area contributed by atoms with E-state index in [1.165, 1.54) is 0 Å². The lowest BCUT2D eigenvalue weighted by Gasteiger charge is -2.06. The minimum Gasteiger partial charge on any atom is -0.497 e. The van der Waals surface area contributed by atoms with Gasteiger partial charge in [-0.3, -0.25) is 14.8 Å². The number of aromatic nitrogens is 2. The highest BCUT2D eigenvalue weighted by atomic mass is 16.5. The molecular weight excluding hydrogens is 314 g/mol. The zero-order chi connectivity index (χ0) is 18.1. The van der Waals surface area contributed by atoms with E-state index in [1.54, 1.807) is 49.8 Å². The van der Waals surface area contributed by atoms with Gasteiger partial charge in [0.15, 0.2) is 0 Å². The molecule has 0 aliphatic heterocycles. The zero-order valence-electron chi connectivity index (χ0n) is 14.0. The van der Waals surface area contributed by atoms with Crippen LogP contribution < -0.4 is 10.1 Å². The van der Waals surface area contributed by atoms with E-state index in [-0.39, 0.29) is 5.91 Å². The summed E-state index contributed by atoms with van der Waals surface area (Å²) in [6, 6.07) is 16.2. The number of amides is 1. The fourth-order valence-corrected chi connectivity index (χ4v) is 2.08. The van der Waals surface area contributed by atoms with E-state index in [0.717, 1.165) is 11.4 Å². The maximum Gasteiger partial charge on any atom is 0.255 e. The van der Waals surface area contributed by atoms with Crippen LogP contribution in [0.3, 0.4) is 0 Å². The van der Waals surface area contributed by atoms with Gasteiger partial charge in [0.25, 0.3) is 5.91 Å². The van der Waals surface area contributed by atoms with E-state index in [0.29, 0.717) is 17.0 Å². The third-order valence-electron chi connectivity index (χ3n) is 3.30. The molecule has 0 saturated heterocycles. The molecule has 5 heteroatoms. The van der Waals surface area contributed by atoms with Crippen molar-refractivity contribution < 1.29 is 9.53 Å². The second kappa shape index (κ2) is 8.98. The number of carbonyl (C=O) groups excluding carboxylic acids is 1. The Bertz CT molecular complexity index is 801. The van der Waals surface area contributed by atoms with Gasteiger partial charge in [-0.05, 0) is 48.5 Å². The first-order valence-corrected chi connectivity index (χ1v) is 7.59. The summed E-state index contributed by atoms with van der Waals surface area (Å²) in [5.74, 6) is 0.517. The minimum absolute atomic E-state index is 0.194. The largest absolute Gasteiger partial charge is 0.497 e. The summed E-state index contributed by atoms with van der Waals surface area (Å²) in [5, 5.41) is 2.81. The van der Waals surface area contributed by atoms with E-state index in [2.05, 4.69) is 28.4 Å². The molecule has 1 aromatic carbocycles. The van der Waals surface area contributed by atoms with Crippen LogP contribution in [0.25, 0.3) is 11.4 Å². The Morgan fingerprint density at radius 1 is 0.960 bits per heavy atom. The third kappa shape index (κ3) is 4.75. The number of carbonyl (C=O) groups is 1. The fraction of sp³-hybridized carbons (Fsp3) is 0.0500. The molecule has 5 nitrogen and oxygen atoms in total. The van der Waals surface area contributed by atoms with Crippen molar-refractivity contribution in [2.75, 3.05) is 12.4 Å². The van der Waals surface area contributed by atoms with Crippen LogP contribution in [0, 0.1) is 0 Å². The maximum absolute atomic E-state index is 12.2. The Kier molecular flexibility index (Phi) is 6.42. The Morgan fingerprint density at radius 3 is 2.24 bits per heavy atom. The molecule has 2 heterocycles. The molecule has 126 valence electrons. The van der Waals surface area contributed by atoms with E-state index in [4.69, 9.17) is 4.74 Å². The first-order chi connectivity index (χ1) is 12.3. The Hall–Kier alpha value is -3.47. The van der Waals surface area contributed by atoms with E-state index in [9.17, 15) is 4.79 Å². The average molecular weight is 333 g/mol. The molecule has 0 spiro atoms. The highest BCUT2D eigenvalue weighted by Crippen LogP contribution is 2.17. The highest BCUT2D eigenvalue weighted by Gasteiger charge is 2.07. The molecule has 0 saturated carbocycles. The van der Waals surface area contributed by atoms with Crippen molar-refractivity contribution in [3.05, 3.63) is 85.7 Å². The van der Waals surface area contributed by atoms with Gasteiger partial charge in [-0.15, -0.1) is 13.2 Å². The van der Waals surface area contributed by atoms with Crippen molar-refractivity contribution in [3.8, 4) is 17.1 Å². The molecule has 0 bridgehead atoms.